The van der Waals surface area contributed by atoms with E-state index in [1.165, 1.54) is 11.1 Å². The molecule has 3 aromatic rings. The molecule has 1 heterocycles. The van der Waals surface area contributed by atoms with Crippen molar-refractivity contribution in [2.75, 3.05) is 7.05 Å². The standard InChI is InChI=1S/C21H25N5/c1-16-20(17(2)26(25-16)19-12-8-5-9-13-19)15-24-21(22-3)23-14-18-10-6-4-7-11-18/h4-13H,14-15H2,1-3H3,(H2,22,23,24). The van der Waals surface area contributed by atoms with E-state index in [9.17, 15) is 0 Å². The van der Waals surface area contributed by atoms with Gasteiger partial charge in [-0.25, -0.2) is 4.68 Å². The summed E-state index contributed by atoms with van der Waals surface area (Å²) in [6.45, 7) is 5.56. The van der Waals surface area contributed by atoms with Gasteiger partial charge in [-0.2, -0.15) is 5.10 Å². The van der Waals surface area contributed by atoms with Crippen molar-refractivity contribution in [1.29, 1.82) is 0 Å². The molecule has 0 aliphatic rings. The third-order valence-electron chi connectivity index (χ3n) is 4.40. The Hall–Kier alpha value is -3.08. The van der Waals surface area contributed by atoms with Crippen LogP contribution in [0, 0.1) is 13.8 Å². The minimum absolute atomic E-state index is 0.680. The largest absolute Gasteiger partial charge is 0.352 e. The molecule has 5 nitrogen and oxygen atoms in total. The lowest BCUT2D eigenvalue weighted by atomic mass is 10.2. The fourth-order valence-corrected chi connectivity index (χ4v) is 2.93. The zero-order chi connectivity index (χ0) is 18.4. The molecule has 0 fully saturated rings. The number of nitrogens with one attached hydrogen (secondary N) is 2. The van der Waals surface area contributed by atoms with Gasteiger partial charge in [0.2, 0.25) is 0 Å². The Morgan fingerprint density at radius 3 is 2.19 bits per heavy atom. The van der Waals surface area contributed by atoms with E-state index in [4.69, 9.17) is 5.10 Å². The Bertz CT molecular complexity index is 866. The van der Waals surface area contributed by atoms with Crippen LogP contribution in [-0.4, -0.2) is 22.8 Å². The van der Waals surface area contributed by atoms with E-state index in [-0.39, 0.29) is 0 Å². The van der Waals surface area contributed by atoms with Gasteiger partial charge >= 0.3 is 0 Å². The molecular weight excluding hydrogens is 322 g/mol. The molecule has 0 unspecified atom stereocenters. The molecule has 0 atom stereocenters. The van der Waals surface area contributed by atoms with E-state index < -0.39 is 0 Å². The van der Waals surface area contributed by atoms with Crippen LogP contribution in [-0.2, 0) is 13.1 Å². The van der Waals surface area contributed by atoms with Gasteiger partial charge in [0.05, 0.1) is 11.4 Å². The maximum Gasteiger partial charge on any atom is 0.191 e. The quantitative estimate of drug-likeness (QED) is 0.550. The highest BCUT2D eigenvalue weighted by Crippen LogP contribution is 2.17. The van der Waals surface area contributed by atoms with Gasteiger partial charge in [-0.05, 0) is 31.5 Å². The normalized spacial score (nSPS) is 11.4. The van der Waals surface area contributed by atoms with Gasteiger partial charge in [0.15, 0.2) is 5.96 Å². The number of benzene rings is 2. The summed E-state index contributed by atoms with van der Waals surface area (Å²) in [5.41, 5.74) is 5.65. The van der Waals surface area contributed by atoms with Crippen LogP contribution in [0.1, 0.15) is 22.5 Å². The molecule has 5 heteroatoms. The van der Waals surface area contributed by atoms with Crippen molar-refractivity contribution >= 4 is 5.96 Å². The van der Waals surface area contributed by atoms with Crippen molar-refractivity contribution in [2.45, 2.75) is 26.9 Å². The van der Waals surface area contributed by atoms with Gasteiger partial charge in [0, 0.05) is 31.4 Å². The predicted octanol–water partition coefficient (Wildman–Crippen LogP) is 3.35. The topological polar surface area (TPSA) is 54.2 Å². The number of nitrogens with zero attached hydrogens (tertiary/aromatic N) is 3. The maximum absolute atomic E-state index is 4.69. The molecule has 0 saturated carbocycles. The van der Waals surface area contributed by atoms with E-state index in [0.29, 0.717) is 6.54 Å². The van der Waals surface area contributed by atoms with E-state index in [2.05, 4.69) is 46.8 Å². The molecule has 2 N–H and O–H groups in total. The highest BCUT2D eigenvalue weighted by molar-refractivity contribution is 5.79. The smallest absolute Gasteiger partial charge is 0.191 e. The summed E-state index contributed by atoms with van der Waals surface area (Å²) in [6, 6.07) is 20.5. The van der Waals surface area contributed by atoms with E-state index >= 15 is 0 Å². The summed E-state index contributed by atoms with van der Waals surface area (Å²) < 4.78 is 1.99. The Balaban J connectivity index is 1.66. The average molecular weight is 347 g/mol. The number of aryl methyl sites for hydroxylation is 1. The van der Waals surface area contributed by atoms with Crippen LogP contribution >= 0.6 is 0 Å². The second kappa shape index (κ2) is 8.34. The lowest BCUT2D eigenvalue weighted by molar-refractivity contribution is 0.800. The van der Waals surface area contributed by atoms with Crippen molar-refractivity contribution < 1.29 is 0 Å². The zero-order valence-corrected chi connectivity index (χ0v) is 15.5. The van der Waals surface area contributed by atoms with Gasteiger partial charge in [-0.3, -0.25) is 4.99 Å². The molecule has 0 aliphatic carbocycles. The van der Waals surface area contributed by atoms with Crippen LogP contribution in [0.3, 0.4) is 0 Å². The van der Waals surface area contributed by atoms with Gasteiger partial charge < -0.3 is 10.6 Å². The monoisotopic (exact) mass is 347 g/mol. The van der Waals surface area contributed by atoms with Crippen molar-refractivity contribution in [3.63, 3.8) is 0 Å². The summed E-state index contributed by atoms with van der Waals surface area (Å²) in [5, 5.41) is 11.4. The van der Waals surface area contributed by atoms with Crippen LogP contribution in [0.4, 0.5) is 0 Å². The molecule has 26 heavy (non-hydrogen) atoms. The molecular formula is C21H25N5. The molecule has 2 aromatic carbocycles. The summed E-state index contributed by atoms with van der Waals surface area (Å²) >= 11 is 0. The lowest BCUT2D eigenvalue weighted by Gasteiger charge is -2.12. The Labute approximate surface area is 154 Å². The zero-order valence-electron chi connectivity index (χ0n) is 15.5. The number of rotatable bonds is 5. The summed E-state index contributed by atoms with van der Waals surface area (Å²) in [6.07, 6.45) is 0. The molecule has 0 aliphatic heterocycles. The Kier molecular flexibility index (Phi) is 5.69. The second-order valence-electron chi connectivity index (χ2n) is 6.16. The minimum atomic E-state index is 0.680. The number of hydrogen-bond donors (Lipinski definition) is 2. The van der Waals surface area contributed by atoms with Crippen molar-refractivity contribution in [3.05, 3.63) is 83.2 Å². The second-order valence-corrected chi connectivity index (χ2v) is 6.16. The first-order valence-corrected chi connectivity index (χ1v) is 8.78. The van der Waals surface area contributed by atoms with Gasteiger partial charge in [-0.15, -0.1) is 0 Å². The first-order valence-electron chi connectivity index (χ1n) is 8.78. The van der Waals surface area contributed by atoms with Crippen LogP contribution in [0.2, 0.25) is 0 Å². The molecule has 0 radical (unpaired) electrons. The highest BCUT2D eigenvalue weighted by Gasteiger charge is 2.13. The summed E-state index contributed by atoms with van der Waals surface area (Å²) in [4.78, 5) is 4.31. The average Bonchev–Trinajstić information content (AvgIpc) is 2.97. The number of para-hydroxylation sites is 1. The first kappa shape index (κ1) is 17.7. The predicted molar refractivity (Wildman–Crippen MR) is 107 cm³/mol. The van der Waals surface area contributed by atoms with Gasteiger partial charge in [0.25, 0.3) is 0 Å². The number of aliphatic imine (C=N–C) groups is 1. The summed E-state index contributed by atoms with van der Waals surface area (Å²) in [5.74, 6) is 0.778. The molecule has 1 aromatic heterocycles. The van der Waals surface area contributed by atoms with E-state index in [0.717, 1.165) is 29.6 Å². The molecule has 134 valence electrons. The third kappa shape index (κ3) is 4.11. The van der Waals surface area contributed by atoms with Crippen LogP contribution in [0.5, 0.6) is 0 Å². The van der Waals surface area contributed by atoms with E-state index in [1.807, 2.05) is 48.0 Å². The molecule has 0 amide bonds. The molecule has 3 rings (SSSR count). The van der Waals surface area contributed by atoms with Crippen LogP contribution in [0.15, 0.2) is 65.7 Å². The third-order valence-corrected chi connectivity index (χ3v) is 4.40. The maximum atomic E-state index is 4.69. The van der Waals surface area contributed by atoms with Crippen molar-refractivity contribution in [1.82, 2.24) is 20.4 Å². The van der Waals surface area contributed by atoms with Crippen molar-refractivity contribution in [3.8, 4) is 5.69 Å². The Morgan fingerprint density at radius 2 is 1.54 bits per heavy atom. The molecule has 0 bridgehead atoms. The van der Waals surface area contributed by atoms with E-state index in [1.54, 1.807) is 7.05 Å². The van der Waals surface area contributed by atoms with Gasteiger partial charge in [-0.1, -0.05) is 48.5 Å². The Morgan fingerprint density at radius 1 is 0.923 bits per heavy atom. The number of guanidine groups is 1. The highest BCUT2D eigenvalue weighted by atomic mass is 15.3. The number of aromatic nitrogens is 2. The summed E-state index contributed by atoms with van der Waals surface area (Å²) in [7, 11) is 1.79. The van der Waals surface area contributed by atoms with Crippen molar-refractivity contribution in [2.24, 2.45) is 4.99 Å². The minimum Gasteiger partial charge on any atom is -0.352 e. The molecule has 0 saturated heterocycles. The first-order chi connectivity index (χ1) is 12.7. The number of hydrogen-bond acceptors (Lipinski definition) is 2. The SMILES string of the molecule is CN=C(NCc1ccccc1)NCc1c(C)nn(-c2ccccc2)c1C. The van der Waals surface area contributed by atoms with Gasteiger partial charge in [0.1, 0.15) is 0 Å². The fraction of sp³-hybridized carbons (Fsp3) is 0.238. The van der Waals surface area contributed by atoms with Crippen LogP contribution in [0.25, 0.3) is 5.69 Å². The lowest BCUT2D eigenvalue weighted by Crippen LogP contribution is -2.36. The fourth-order valence-electron chi connectivity index (χ4n) is 2.93. The van der Waals surface area contributed by atoms with Crippen LogP contribution < -0.4 is 10.6 Å². The molecule has 0 spiro atoms.